The first-order valence-corrected chi connectivity index (χ1v) is 8.47. The Morgan fingerprint density at radius 3 is 2.41 bits per heavy atom. The van der Waals surface area contributed by atoms with Crippen LogP contribution in [0.25, 0.3) is 6.08 Å². The number of aryl methyl sites for hydroxylation is 1. The van der Waals surface area contributed by atoms with Crippen molar-refractivity contribution in [2.24, 2.45) is 0 Å². The normalized spacial score (nSPS) is 10.7. The van der Waals surface area contributed by atoms with Crippen molar-refractivity contribution in [2.75, 3.05) is 5.32 Å². The van der Waals surface area contributed by atoms with Crippen LogP contribution in [0.1, 0.15) is 27.4 Å². The molecule has 27 heavy (non-hydrogen) atoms. The number of hydrogen-bond acceptors (Lipinski definition) is 4. The molecule has 0 spiro atoms. The molecule has 136 valence electrons. The van der Waals surface area contributed by atoms with Crippen LogP contribution in [-0.2, 0) is 16.1 Å². The van der Waals surface area contributed by atoms with Crippen molar-refractivity contribution in [1.29, 1.82) is 0 Å². The van der Waals surface area contributed by atoms with Gasteiger partial charge in [-0.2, -0.15) is 0 Å². The molecular formula is C22H19NO4. The molecule has 3 aromatic rings. The van der Waals surface area contributed by atoms with Crippen LogP contribution in [0.4, 0.5) is 5.69 Å². The number of nitrogens with one attached hydrogen (secondary N) is 1. The van der Waals surface area contributed by atoms with E-state index < -0.39 is 5.97 Å². The van der Waals surface area contributed by atoms with Gasteiger partial charge < -0.3 is 14.5 Å². The van der Waals surface area contributed by atoms with E-state index in [2.05, 4.69) is 5.32 Å². The van der Waals surface area contributed by atoms with E-state index in [9.17, 15) is 9.59 Å². The number of hydrogen-bond donors (Lipinski definition) is 1. The Hall–Kier alpha value is -3.60. The van der Waals surface area contributed by atoms with Crippen LogP contribution in [0.3, 0.4) is 0 Å². The van der Waals surface area contributed by atoms with E-state index in [4.69, 9.17) is 9.15 Å². The van der Waals surface area contributed by atoms with Crippen molar-refractivity contribution in [2.45, 2.75) is 13.5 Å². The molecule has 1 amide bonds. The molecule has 5 nitrogen and oxygen atoms in total. The molecule has 5 heteroatoms. The summed E-state index contributed by atoms with van der Waals surface area (Å²) in [6.07, 6.45) is 2.88. The zero-order chi connectivity index (χ0) is 19.1. The SMILES string of the molecule is Cc1ccc(/C=C/C(=O)OCc2ccc(C(=O)Nc3ccccc3)cc2)o1. The molecular weight excluding hydrogens is 342 g/mol. The molecule has 1 aromatic heterocycles. The van der Waals surface area contributed by atoms with Gasteiger partial charge in [-0.05, 0) is 55.0 Å². The zero-order valence-electron chi connectivity index (χ0n) is 14.8. The summed E-state index contributed by atoms with van der Waals surface area (Å²) in [5.41, 5.74) is 2.06. The van der Waals surface area contributed by atoms with Gasteiger partial charge in [-0.3, -0.25) is 4.79 Å². The van der Waals surface area contributed by atoms with Crippen LogP contribution in [-0.4, -0.2) is 11.9 Å². The molecule has 2 aromatic carbocycles. The molecule has 0 aliphatic heterocycles. The lowest BCUT2D eigenvalue weighted by Crippen LogP contribution is -2.11. The highest BCUT2D eigenvalue weighted by molar-refractivity contribution is 6.04. The Bertz CT molecular complexity index is 940. The van der Waals surface area contributed by atoms with E-state index in [1.807, 2.05) is 43.3 Å². The molecule has 0 fully saturated rings. The van der Waals surface area contributed by atoms with Gasteiger partial charge in [0.05, 0.1) is 0 Å². The number of ether oxygens (including phenoxy) is 1. The van der Waals surface area contributed by atoms with Gasteiger partial charge in [-0.15, -0.1) is 0 Å². The number of anilines is 1. The summed E-state index contributed by atoms with van der Waals surface area (Å²) in [4.78, 5) is 24.0. The van der Waals surface area contributed by atoms with Crippen LogP contribution >= 0.6 is 0 Å². The van der Waals surface area contributed by atoms with Crippen molar-refractivity contribution < 1.29 is 18.7 Å². The molecule has 0 atom stereocenters. The Kier molecular flexibility index (Phi) is 5.84. The number of benzene rings is 2. The molecule has 0 radical (unpaired) electrons. The molecule has 1 heterocycles. The van der Waals surface area contributed by atoms with Gasteiger partial charge in [0, 0.05) is 17.3 Å². The van der Waals surface area contributed by atoms with Gasteiger partial charge in [0.2, 0.25) is 0 Å². The van der Waals surface area contributed by atoms with E-state index >= 15 is 0 Å². The van der Waals surface area contributed by atoms with E-state index in [0.29, 0.717) is 11.3 Å². The maximum absolute atomic E-state index is 12.2. The van der Waals surface area contributed by atoms with E-state index in [1.165, 1.54) is 6.08 Å². The predicted octanol–water partition coefficient (Wildman–Crippen LogP) is 4.60. The topological polar surface area (TPSA) is 68.5 Å². The molecule has 0 saturated heterocycles. The predicted molar refractivity (Wildman–Crippen MR) is 103 cm³/mol. The molecule has 0 bridgehead atoms. The van der Waals surface area contributed by atoms with E-state index in [-0.39, 0.29) is 12.5 Å². The van der Waals surface area contributed by atoms with Gasteiger partial charge in [-0.1, -0.05) is 30.3 Å². The van der Waals surface area contributed by atoms with Crippen LogP contribution in [0, 0.1) is 6.92 Å². The van der Waals surface area contributed by atoms with E-state index in [0.717, 1.165) is 17.0 Å². The van der Waals surface area contributed by atoms with E-state index in [1.54, 1.807) is 36.4 Å². The number of amides is 1. The van der Waals surface area contributed by atoms with Gasteiger partial charge >= 0.3 is 5.97 Å². The highest BCUT2D eigenvalue weighted by atomic mass is 16.5. The molecule has 0 aliphatic rings. The van der Waals surface area contributed by atoms with Gasteiger partial charge in [0.1, 0.15) is 18.1 Å². The van der Waals surface area contributed by atoms with Crippen LogP contribution in [0.15, 0.2) is 77.2 Å². The summed E-state index contributed by atoms with van der Waals surface area (Å²) in [5.74, 6) is 0.717. The summed E-state index contributed by atoms with van der Waals surface area (Å²) < 4.78 is 10.5. The van der Waals surface area contributed by atoms with Crippen LogP contribution in [0.2, 0.25) is 0 Å². The first-order valence-electron chi connectivity index (χ1n) is 8.47. The van der Waals surface area contributed by atoms with Crippen molar-refractivity contribution >= 4 is 23.6 Å². The maximum atomic E-state index is 12.2. The Morgan fingerprint density at radius 2 is 1.74 bits per heavy atom. The summed E-state index contributed by atoms with van der Waals surface area (Å²) in [6, 6.07) is 19.7. The molecule has 0 aliphatic carbocycles. The third-order valence-electron chi connectivity index (χ3n) is 3.77. The fraction of sp³-hybridized carbons (Fsp3) is 0.0909. The summed E-state index contributed by atoms with van der Waals surface area (Å²) >= 11 is 0. The monoisotopic (exact) mass is 361 g/mol. The lowest BCUT2D eigenvalue weighted by Gasteiger charge is -2.06. The lowest BCUT2D eigenvalue weighted by atomic mass is 10.1. The second kappa shape index (κ2) is 8.67. The summed E-state index contributed by atoms with van der Waals surface area (Å²) in [6.45, 7) is 1.96. The third-order valence-corrected chi connectivity index (χ3v) is 3.77. The highest BCUT2D eigenvalue weighted by Gasteiger charge is 2.06. The Morgan fingerprint density at radius 1 is 1.00 bits per heavy atom. The highest BCUT2D eigenvalue weighted by Crippen LogP contribution is 2.11. The fourth-order valence-corrected chi connectivity index (χ4v) is 2.37. The van der Waals surface area contributed by atoms with Crippen LogP contribution in [0.5, 0.6) is 0 Å². The summed E-state index contributed by atoms with van der Waals surface area (Å²) in [7, 11) is 0. The molecule has 0 saturated carbocycles. The minimum atomic E-state index is -0.463. The molecule has 0 unspecified atom stereocenters. The quantitative estimate of drug-likeness (QED) is 0.515. The largest absolute Gasteiger partial charge is 0.462 e. The number of para-hydroxylation sites is 1. The van der Waals surface area contributed by atoms with Crippen molar-refractivity contribution in [1.82, 2.24) is 0 Å². The minimum absolute atomic E-state index is 0.126. The first-order chi connectivity index (χ1) is 13.1. The number of rotatable bonds is 6. The van der Waals surface area contributed by atoms with Crippen LogP contribution < -0.4 is 5.32 Å². The number of furan rings is 1. The maximum Gasteiger partial charge on any atom is 0.331 e. The number of esters is 1. The van der Waals surface area contributed by atoms with Gasteiger partial charge in [-0.25, -0.2) is 4.79 Å². The Labute approximate surface area is 157 Å². The molecule has 1 N–H and O–H groups in total. The van der Waals surface area contributed by atoms with Crippen molar-refractivity contribution in [3.63, 3.8) is 0 Å². The summed E-state index contributed by atoms with van der Waals surface area (Å²) in [5, 5.41) is 2.82. The second-order valence-corrected chi connectivity index (χ2v) is 5.91. The molecule has 3 rings (SSSR count). The fourth-order valence-electron chi connectivity index (χ4n) is 2.37. The number of carbonyl (C=O) groups excluding carboxylic acids is 2. The second-order valence-electron chi connectivity index (χ2n) is 5.91. The van der Waals surface area contributed by atoms with Gasteiger partial charge in [0.15, 0.2) is 0 Å². The third kappa shape index (κ3) is 5.44. The lowest BCUT2D eigenvalue weighted by molar-refractivity contribution is -0.138. The zero-order valence-corrected chi connectivity index (χ0v) is 14.8. The first kappa shape index (κ1) is 18.2. The minimum Gasteiger partial charge on any atom is -0.462 e. The van der Waals surface area contributed by atoms with Crippen molar-refractivity contribution in [3.8, 4) is 0 Å². The van der Waals surface area contributed by atoms with Crippen molar-refractivity contribution in [3.05, 3.63) is 95.5 Å². The number of carbonyl (C=O) groups is 2. The van der Waals surface area contributed by atoms with Gasteiger partial charge in [0.25, 0.3) is 5.91 Å². The average molecular weight is 361 g/mol. The standard InChI is InChI=1S/C22H19NO4/c1-16-7-12-20(27-16)13-14-21(24)26-15-17-8-10-18(11-9-17)22(25)23-19-5-3-2-4-6-19/h2-14H,15H2,1H3,(H,23,25)/b14-13+. The smallest absolute Gasteiger partial charge is 0.331 e. The Balaban J connectivity index is 1.50. The average Bonchev–Trinajstić information content (AvgIpc) is 3.11.